The summed E-state index contributed by atoms with van der Waals surface area (Å²) in [5.41, 5.74) is 6.82. The molecule has 0 unspecified atom stereocenters. The molecule has 1 aromatic heterocycles. The molecule has 2 heterocycles. The molecule has 0 spiro atoms. The van der Waals surface area contributed by atoms with Crippen molar-refractivity contribution in [3.8, 4) is 68.0 Å². The lowest BCUT2D eigenvalue weighted by atomic mass is 10.0. The van der Waals surface area contributed by atoms with Gasteiger partial charge in [-0.1, -0.05) is 94.8 Å². The molecule has 0 aliphatic carbocycles. The molecule has 0 radical (unpaired) electrons. The van der Waals surface area contributed by atoms with Gasteiger partial charge in [0.2, 0.25) is 0 Å². The maximum atomic E-state index is 6.20. The zero-order valence-electron chi connectivity index (χ0n) is 20.7. The fourth-order valence-corrected chi connectivity index (χ4v) is 5.00. The largest absolute Gasteiger partial charge is 0.449 e. The molecule has 39 heavy (non-hydrogen) atoms. The number of aromatic nitrogens is 2. The van der Waals surface area contributed by atoms with Crippen molar-refractivity contribution in [2.75, 3.05) is 0 Å². The van der Waals surface area contributed by atoms with E-state index in [1.54, 1.807) is 0 Å². The number of benzene rings is 5. The Morgan fingerprint density at radius 2 is 1.00 bits per heavy atom. The van der Waals surface area contributed by atoms with Crippen LogP contribution in [0.15, 0.2) is 132 Å². The molecule has 186 valence electrons. The molecule has 7 rings (SSSR count). The highest BCUT2D eigenvalue weighted by Gasteiger charge is 2.20. The van der Waals surface area contributed by atoms with E-state index in [4.69, 9.17) is 19.4 Å². The number of halogens is 1. The van der Waals surface area contributed by atoms with Crippen LogP contribution in [-0.2, 0) is 0 Å². The van der Waals surface area contributed by atoms with Crippen molar-refractivity contribution in [2.24, 2.45) is 0 Å². The van der Waals surface area contributed by atoms with Gasteiger partial charge in [0.1, 0.15) is 0 Å². The van der Waals surface area contributed by atoms with Crippen molar-refractivity contribution in [3.63, 3.8) is 0 Å². The Bertz CT molecular complexity index is 1820. The summed E-state index contributed by atoms with van der Waals surface area (Å²) in [4.78, 5) is 10.0. The van der Waals surface area contributed by atoms with Gasteiger partial charge in [-0.3, -0.25) is 0 Å². The van der Waals surface area contributed by atoms with Crippen LogP contribution in [0.4, 0.5) is 0 Å². The van der Waals surface area contributed by atoms with Gasteiger partial charge >= 0.3 is 0 Å². The average Bonchev–Trinajstić information content (AvgIpc) is 3.00. The van der Waals surface area contributed by atoms with Gasteiger partial charge in [0.05, 0.1) is 11.4 Å². The number of hydrogen-bond donors (Lipinski definition) is 0. The molecule has 4 nitrogen and oxygen atoms in total. The summed E-state index contributed by atoms with van der Waals surface area (Å²) < 4.78 is 13.2. The van der Waals surface area contributed by atoms with Gasteiger partial charge in [0, 0.05) is 21.2 Å². The summed E-state index contributed by atoms with van der Waals surface area (Å²) in [5, 5.41) is 0. The zero-order chi connectivity index (χ0) is 26.2. The minimum atomic E-state index is 0.648. The van der Waals surface area contributed by atoms with Crippen molar-refractivity contribution in [3.05, 3.63) is 132 Å². The van der Waals surface area contributed by atoms with Crippen molar-refractivity contribution in [1.29, 1.82) is 0 Å². The Morgan fingerprint density at radius 3 is 1.74 bits per heavy atom. The Hall–Kier alpha value is -4.74. The SMILES string of the molecule is Brc1ccc2c(c1)Oc1ccc(-c3cc(-c4ccccc4)nc(-c4cccc(-c5ccccc5)c4)n3)cc1O2. The van der Waals surface area contributed by atoms with E-state index in [9.17, 15) is 0 Å². The fourth-order valence-electron chi connectivity index (χ4n) is 4.66. The molecule has 0 atom stereocenters. The lowest BCUT2D eigenvalue weighted by Crippen LogP contribution is -2.00. The fraction of sp³-hybridized carbons (Fsp3) is 0. The first-order valence-electron chi connectivity index (χ1n) is 12.6. The molecule has 0 fully saturated rings. The molecule has 1 aliphatic rings. The highest BCUT2D eigenvalue weighted by atomic mass is 79.9. The van der Waals surface area contributed by atoms with Crippen LogP contribution in [0.1, 0.15) is 0 Å². The third-order valence-corrected chi connectivity index (χ3v) is 7.10. The summed E-state index contributed by atoms with van der Waals surface area (Å²) in [6.07, 6.45) is 0. The van der Waals surface area contributed by atoms with Crippen molar-refractivity contribution >= 4 is 15.9 Å². The maximum Gasteiger partial charge on any atom is 0.171 e. The van der Waals surface area contributed by atoms with Gasteiger partial charge in [-0.05, 0) is 59.7 Å². The van der Waals surface area contributed by atoms with Gasteiger partial charge in [0.25, 0.3) is 0 Å². The third kappa shape index (κ3) is 4.69. The van der Waals surface area contributed by atoms with Gasteiger partial charge in [-0.15, -0.1) is 0 Å². The quantitative estimate of drug-likeness (QED) is 0.212. The summed E-state index contributed by atoms with van der Waals surface area (Å²) in [5.74, 6) is 3.33. The van der Waals surface area contributed by atoms with E-state index in [0.717, 1.165) is 43.7 Å². The second-order valence-corrected chi connectivity index (χ2v) is 10.1. The monoisotopic (exact) mass is 568 g/mol. The van der Waals surface area contributed by atoms with Gasteiger partial charge in [-0.25, -0.2) is 9.97 Å². The van der Waals surface area contributed by atoms with E-state index < -0.39 is 0 Å². The number of ether oxygens (including phenoxy) is 2. The molecule has 0 saturated heterocycles. The smallest absolute Gasteiger partial charge is 0.171 e. The highest BCUT2D eigenvalue weighted by molar-refractivity contribution is 9.10. The Labute approximate surface area is 234 Å². The van der Waals surface area contributed by atoms with Crippen molar-refractivity contribution < 1.29 is 9.47 Å². The van der Waals surface area contributed by atoms with Crippen LogP contribution in [-0.4, -0.2) is 9.97 Å². The number of fused-ring (bicyclic) bond motifs is 2. The predicted molar refractivity (Wildman–Crippen MR) is 158 cm³/mol. The van der Waals surface area contributed by atoms with Gasteiger partial charge in [0.15, 0.2) is 28.8 Å². The molecule has 0 bridgehead atoms. The topological polar surface area (TPSA) is 44.2 Å². The number of nitrogens with zero attached hydrogens (tertiary/aromatic N) is 2. The molecular weight excluding hydrogens is 548 g/mol. The van der Waals surface area contributed by atoms with Gasteiger partial charge in [-0.2, -0.15) is 0 Å². The Kier molecular flexibility index (Phi) is 5.91. The first kappa shape index (κ1) is 23.4. The summed E-state index contributed by atoms with van der Waals surface area (Å²) in [6, 6.07) is 42.5. The molecule has 0 amide bonds. The van der Waals surface area contributed by atoms with E-state index in [-0.39, 0.29) is 0 Å². The molecule has 5 heteroatoms. The van der Waals surface area contributed by atoms with Crippen molar-refractivity contribution in [1.82, 2.24) is 9.97 Å². The second kappa shape index (κ2) is 9.86. The normalized spacial score (nSPS) is 11.6. The average molecular weight is 569 g/mol. The van der Waals surface area contributed by atoms with E-state index in [1.807, 2.05) is 78.9 Å². The number of rotatable bonds is 4. The minimum Gasteiger partial charge on any atom is -0.449 e. The lowest BCUT2D eigenvalue weighted by molar-refractivity contribution is 0.359. The summed E-state index contributed by atoms with van der Waals surface area (Å²) in [6.45, 7) is 0. The van der Waals surface area contributed by atoms with E-state index >= 15 is 0 Å². The maximum absolute atomic E-state index is 6.20. The van der Waals surface area contributed by atoms with E-state index in [1.165, 1.54) is 0 Å². The molecule has 5 aromatic carbocycles. The summed E-state index contributed by atoms with van der Waals surface area (Å²) >= 11 is 3.49. The lowest BCUT2D eigenvalue weighted by Gasteiger charge is -2.21. The molecule has 1 aliphatic heterocycles. The van der Waals surface area contributed by atoms with Crippen LogP contribution in [0.3, 0.4) is 0 Å². The second-order valence-electron chi connectivity index (χ2n) is 9.23. The van der Waals surface area contributed by atoms with E-state index in [2.05, 4.69) is 64.5 Å². The van der Waals surface area contributed by atoms with Gasteiger partial charge < -0.3 is 9.47 Å². The molecular formula is C34H21BrN2O2. The molecule has 6 aromatic rings. The highest BCUT2D eigenvalue weighted by Crippen LogP contribution is 2.47. The van der Waals surface area contributed by atoms with Crippen LogP contribution < -0.4 is 9.47 Å². The minimum absolute atomic E-state index is 0.648. The predicted octanol–water partition coefficient (Wildman–Crippen LogP) is 9.81. The standard InChI is InChI=1S/C34H21BrN2O2/c35-27-15-17-31-33(20-27)39-30-16-14-25(19-32(30)38-31)29-21-28(23-10-5-2-6-11-23)36-34(37-29)26-13-7-12-24(18-26)22-8-3-1-4-9-22/h1-21H. The Morgan fingerprint density at radius 1 is 0.410 bits per heavy atom. The first-order chi connectivity index (χ1) is 19.2. The van der Waals surface area contributed by atoms with Crippen LogP contribution >= 0.6 is 15.9 Å². The van der Waals surface area contributed by atoms with Crippen LogP contribution in [0, 0.1) is 0 Å². The number of hydrogen-bond acceptors (Lipinski definition) is 4. The van der Waals surface area contributed by atoms with Crippen molar-refractivity contribution in [2.45, 2.75) is 0 Å². The molecule has 0 saturated carbocycles. The first-order valence-corrected chi connectivity index (χ1v) is 13.4. The zero-order valence-corrected chi connectivity index (χ0v) is 22.3. The van der Waals surface area contributed by atoms with Crippen LogP contribution in [0.5, 0.6) is 23.0 Å². The molecule has 0 N–H and O–H groups in total. The Balaban J connectivity index is 1.33. The van der Waals surface area contributed by atoms with Crippen LogP contribution in [0.2, 0.25) is 0 Å². The summed E-state index contributed by atoms with van der Waals surface area (Å²) in [7, 11) is 0. The van der Waals surface area contributed by atoms with E-state index in [0.29, 0.717) is 28.8 Å². The van der Waals surface area contributed by atoms with Crippen LogP contribution in [0.25, 0.3) is 45.0 Å². The third-order valence-electron chi connectivity index (χ3n) is 6.61.